The number of nitrogens with zero attached hydrogens (tertiary/aromatic N) is 2. The average Bonchev–Trinajstić information content (AvgIpc) is 2.46. The second kappa shape index (κ2) is 7.81. The highest BCUT2D eigenvalue weighted by atomic mass is 16.5. The van der Waals surface area contributed by atoms with Gasteiger partial charge in [-0.05, 0) is 6.92 Å². The largest absolute Gasteiger partial charge is 0.468 e. The molecule has 20 heavy (non-hydrogen) atoms. The van der Waals surface area contributed by atoms with E-state index in [0.29, 0.717) is 26.2 Å². The number of nitrogens with two attached hydrogens (primary N) is 1. The highest BCUT2D eigenvalue weighted by Crippen LogP contribution is 2.04. The fourth-order valence-electron chi connectivity index (χ4n) is 1.90. The summed E-state index contributed by atoms with van der Waals surface area (Å²) in [6, 6.07) is -1.28. The molecule has 0 aromatic rings. The van der Waals surface area contributed by atoms with Crippen LogP contribution in [0.1, 0.15) is 6.92 Å². The van der Waals surface area contributed by atoms with Gasteiger partial charge in [0, 0.05) is 26.2 Å². The molecule has 2 N–H and O–H groups in total. The Kier molecular flexibility index (Phi) is 6.40. The Bertz CT molecular complexity index is 366. The normalized spacial score (nSPS) is 17.4. The zero-order chi connectivity index (χ0) is 15.1. The van der Waals surface area contributed by atoms with Gasteiger partial charge in [-0.3, -0.25) is 14.5 Å². The van der Waals surface area contributed by atoms with Gasteiger partial charge in [-0.1, -0.05) is 0 Å². The molecule has 0 aliphatic carbocycles. The molecule has 0 saturated carbocycles. The van der Waals surface area contributed by atoms with Gasteiger partial charge >= 0.3 is 11.9 Å². The van der Waals surface area contributed by atoms with Crippen LogP contribution in [0.25, 0.3) is 0 Å². The third-order valence-corrected chi connectivity index (χ3v) is 3.07. The summed E-state index contributed by atoms with van der Waals surface area (Å²) in [5.41, 5.74) is 5.56. The van der Waals surface area contributed by atoms with Crippen LogP contribution in [0.2, 0.25) is 0 Å². The molecule has 1 rings (SSSR count). The summed E-state index contributed by atoms with van der Waals surface area (Å²) >= 11 is 0. The maximum atomic E-state index is 12.0. The zero-order valence-corrected chi connectivity index (χ0v) is 11.8. The number of hydrogen-bond acceptors (Lipinski definition) is 7. The lowest BCUT2D eigenvalue weighted by atomic mass is 10.2. The van der Waals surface area contributed by atoms with Gasteiger partial charge in [-0.25, -0.2) is 4.79 Å². The van der Waals surface area contributed by atoms with Gasteiger partial charge < -0.3 is 20.1 Å². The van der Waals surface area contributed by atoms with Crippen molar-refractivity contribution in [3.05, 3.63) is 0 Å². The summed E-state index contributed by atoms with van der Waals surface area (Å²) in [6.45, 7) is 3.95. The van der Waals surface area contributed by atoms with Gasteiger partial charge in [0.05, 0.1) is 20.3 Å². The predicted molar refractivity (Wildman–Crippen MR) is 69.6 cm³/mol. The summed E-state index contributed by atoms with van der Waals surface area (Å²) in [6.07, 6.45) is 0. The molecular weight excluding hydrogens is 266 g/mol. The van der Waals surface area contributed by atoms with Gasteiger partial charge in [0.25, 0.3) is 5.91 Å². The molecule has 1 atom stereocenters. The van der Waals surface area contributed by atoms with Crippen molar-refractivity contribution in [2.75, 3.05) is 46.4 Å². The number of hydrogen-bond donors (Lipinski definition) is 1. The molecule has 1 unspecified atom stereocenters. The Labute approximate surface area is 117 Å². The summed E-state index contributed by atoms with van der Waals surface area (Å²) in [4.78, 5) is 37.9. The van der Waals surface area contributed by atoms with Crippen LogP contribution in [-0.2, 0) is 23.9 Å². The van der Waals surface area contributed by atoms with Crippen molar-refractivity contribution < 1.29 is 23.9 Å². The van der Waals surface area contributed by atoms with E-state index < -0.39 is 17.9 Å². The highest BCUT2D eigenvalue weighted by molar-refractivity contribution is 6.01. The van der Waals surface area contributed by atoms with E-state index in [9.17, 15) is 14.4 Å². The lowest BCUT2D eigenvalue weighted by Crippen LogP contribution is -2.55. The number of carbonyl (C=O) groups is 3. The van der Waals surface area contributed by atoms with Crippen molar-refractivity contribution in [1.29, 1.82) is 0 Å². The Morgan fingerprint density at radius 3 is 2.30 bits per heavy atom. The van der Waals surface area contributed by atoms with Gasteiger partial charge in [-0.15, -0.1) is 0 Å². The average molecular weight is 287 g/mol. The first-order chi connectivity index (χ1) is 9.49. The maximum absolute atomic E-state index is 12.0. The first-order valence-corrected chi connectivity index (χ1v) is 6.49. The first-order valence-electron chi connectivity index (χ1n) is 6.49. The molecular formula is C12H21N3O5. The van der Waals surface area contributed by atoms with Crippen LogP contribution in [0.15, 0.2) is 0 Å². The van der Waals surface area contributed by atoms with Crippen LogP contribution in [0.4, 0.5) is 0 Å². The van der Waals surface area contributed by atoms with Gasteiger partial charge in [-0.2, -0.15) is 0 Å². The molecule has 114 valence electrons. The van der Waals surface area contributed by atoms with Crippen molar-refractivity contribution in [3.8, 4) is 0 Å². The Balaban J connectivity index is 2.42. The molecule has 1 fully saturated rings. The van der Waals surface area contributed by atoms with Crippen molar-refractivity contribution in [3.63, 3.8) is 0 Å². The quantitative estimate of drug-likeness (QED) is 0.470. The molecule has 1 saturated heterocycles. The summed E-state index contributed by atoms with van der Waals surface area (Å²) < 4.78 is 9.30. The van der Waals surface area contributed by atoms with Crippen LogP contribution in [0.5, 0.6) is 0 Å². The molecule has 8 heteroatoms. The SMILES string of the molecule is CCOC(=O)C(N)C(=O)N1CCN(CC(=O)OC)CC1. The number of carbonyl (C=O) groups excluding carboxylic acids is 3. The third kappa shape index (κ3) is 4.46. The smallest absolute Gasteiger partial charge is 0.332 e. The molecule has 0 radical (unpaired) electrons. The minimum Gasteiger partial charge on any atom is -0.468 e. The second-order valence-corrected chi connectivity index (χ2v) is 4.41. The Morgan fingerprint density at radius 2 is 1.80 bits per heavy atom. The van der Waals surface area contributed by atoms with E-state index in [1.807, 2.05) is 4.90 Å². The van der Waals surface area contributed by atoms with Gasteiger partial charge in [0.15, 0.2) is 6.04 Å². The number of rotatable bonds is 5. The molecule has 1 aliphatic rings. The standard InChI is InChI=1S/C12H21N3O5/c1-3-20-12(18)10(13)11(17)15-6-4-14(5-7-15)8-9(16)19-2/h10H,3-8,13H2,1-2H3. The second-order valence-electron chi connectivity index (χ2n) is 4.41. The van der Waals surface area contributed by atoms with Crippen LogP contribution >= 0.6 is 0 Å². The number of methoxy groups -OCH3 is 1. The topological polar surface area (TPSA) is 102 Å². The van der Waals surface area contributed by atoms with E-state index in [4.69, 9.17) is 10.5 Å². The molecule has 0 aromatic heterocycles. The van der Waals surface area contributed by atoms with Crippen molar-refractivity contribution in [1.82, 2.24) is 9.80 Å². The fourth-order valence-corrected chi connectivity index (χ4v) is 1.90. The van der Waals surface area contributed by atoms with E-state index in [1.165, 1.54) is 12.0 Å². The fraction of sp³-hybridized carbons (Fsp3) is 0.750. The van der Waals surface area contributed by atoms with Crippen LogP contribution in [0, 0.1) is 0 Å². The summed E-state index contributed by atoms with van der Waals surface area (Å²) in [7, 11) is 1.33. The third-order valence-electron chi connectivity index (χ3n) is 3.07. The van der Waals surface area contributed by atoms with E-state index in [2.05, 4.69) is 4.74 Å². The van der Waals surface area contributed by atoms with Crippen molar-refractivity contribution >= 4 is 17.8 Å². The molecule has 1 aliphatic heterocycles. The monoisotopic (exact) mass is 287 g/mol. The van der Waals surface area contributed by atoms with Crippen molar-refractivity contribution in [2.24, 2.45) is 5.73 Å². The molecule has 0 spiro atoms. The van der Waals surface area contributed by atoms with Crippen LogP contribution < -0.4 is 5.73 Å². The summed E-state index contributed by atoms with van der Waals surface area (Å²) in [5, 5.41) is 0. The Morgan fingerprint density at radius 1 is 1.20 bits per heavy atom. The Hall–Kier alpha value is -1.67. The maximum Gasteiger partial charge on any atom is 0.332 e. The van der Waals surface area contributed by atoms with Crippen LogP contribution in [-0.4, -0.2) is 80.1 Å². The van der Waals surface area contributed by atoms with Gasteiger partial charge in [0.1, 0.15) is 0 Å². The number of esters is 2. The molecule has 0 aromatic carbocycles. The van der Waals surface area contributed by atoms with E-state index in [1.54, 1.807) is 6.92 Å². The number of piperazine rings is 1. The minimum atomic E-state index is -1.28. The molecule has 8 nitrogen and oxygen atoms in total. The predicted octanol–water partition coefficient (Wildman–Crippen LogP) is -1.81. The lowest BCUT2D eigenvalue weighted by molar-refractivity contribution is -0.151. The van der Waals surface area contributed by atoms with Crippen LogP contribution in [0.3, 0.4) is 0 Å². The minimum absolute atomic E-state index is 0.187. The number of ether oxygens (including phenoxy) is 2. The highest BCUT2D eigenvalue weighted by Gasteiger charge is 2.30. The van der Waals surface area contributed by atoms with E-state index >= 15 is 0 Å². The first kappa shape index (κ1) is 16.4. The van der Waals surface area contributed by atoms with Crippen molar-refractivity contribution in [2.45, 2.75) is 13.0 Å². The summed E-state index contributed by atoms with van der Waals surface area (Å²) in [5.74, 6) is -1.47. The molecule has 1 amide bonds. The van der Waals surface area contributed by atoms with Gasteiger partial charge in [0.2, 0.25) is 0 Å². The molecule has 0 bridgehead atoms. The van der Waals surface area contributed by atoms with E-state index in [-0.39, 0.29) is 19.1 Å². The molecule has 1 heterocycles. The zero-order valence-electron chi connectivity index (χ0n) is 11.8. The van der Waals surface area contributed by atoms with E-state index in [0.717, 1.165) is 0 Å². The number of amides is 1. The lowest BCUT2D eigenvalue weighted by Gasteiger charge is -2.34.